The summed E-state index contributed by atoms with van der Waals surface area (Å²) >= 11 is 0. The van der Waals surface area contributed by atoms with E-state index in [1.165, 1.54) is 0 Å². The minimum atomic E-state index is -4.29. The zero-order valence-corrected chi connectivity index (χ0v) is 9.16. The van der Waals surface area contributed by atoms with Gasteiger partial charge in [-0.3, -0.25) is 9.59 Å². The molecule has 0 spiro atoms. The number of carbonyl (C=O) groups excluding carboxylic acids is 1. The second-order valence-electron chi connectivity index (χ2n) is 4.11. The quantitative estimate of drug-likeness (QED) is 0.832. The van der Waals surface area contributed by atoms with Crippen LogP contribution < -0.4 is 0 Å². The lowest BCUT2D eigenvalue weighted by Crippen LogP contribution is -2.44. The van der Waals surface area contributed by atoms with Crippen LogP contribution in [-0.4, -0.2) is 41.1 Å². The van der Waals surface area contributed by atoms with Gasteiger partial charge in [-0.2, -0.15) is 13.2 Å². The molecule has 0 radical (unpaired) electrons. The van der Waals surface area contributed by atoms with Gasteiger partial charge in [0.1, 0.15) is 0 Å². The van der Waals surface area contributed by atoms with Crippen molar-refractivity contribution in [1.29, 1.82) is 0 Å². The minimum Gasteiger partial charge on any atom is -0.481 e. The summed E-state index contributed by atoms with van der Waals surface area (Å²) in [6.45, 7) is -0.0625. The maximum absolute atomic E-state index is 12.5. The molecule has 0 aromatic rings. The molecule has 1 aliphatic heterocycles. The predicted molar refractivity (Wildman–Crippen MR) is 52.2 cm³/mol. The van der Waals surface area contributed by atoms with Gasteiger partial charge in [0.25, 0.3) is 0 Å². The van der Waals surface area contributed by atoms with E-state index in [4.69, 9.17) is 5.11 Å². The van der Waals surface area contributed by atoms with Crippen LogP contribution in [0.1, 0.15) is 25.7 Å². The van der Waals surface area contributed by atoms with Crippen molar-refractivity contribution in [3.63, 3.8) is 0 Å². The summed E-state index contributed by atoms with van der Waals surface area (Å²) in [7, 11) is 0. The number of nitrogens with zero attached hydrogens (tertiary/aromatic N) is 1. The first-order valence-electron chi connectivity index (χ1n) is 5.37. The second kappa shape index (κ2) is 5.37. The maximum atomic E-state index is 12.5. The van der Waals surface area contributed by atoms with Crippen LogP contribution >= 0.6 is 0 Å². The number of carboxylic acids is 1. The molecule has 0 aromatic heterocycles. The van der Waals surface area contributed by atoms with Gasteiger partial charge in [0.15, 0.2) is 0 Å². The van der Waals surface area contributed by atoms with Crippen molar-refractivity contribution in [2.24, 2.45) is 5.92 Å². The molecular formula is C10H14F3NO3. The topological polar surface area (TPSA) is 57.6 Å². The monoisotopic (exact) mass is 253 g/mol. The van der Waals surface area contributed by atoms with Gasteiger partial charge >= 0.3 is 12.1 Å². The molecule has 0 saturated carbocycles. The average molecular weight is 253 g/mol. The first kappa shape index (κ1) is 13.8. The summed E-state index contributed by atoms with van der Waals surface area (Å²) in [6.07, 6.45) is -4.52. The van der Waals surface area contributed by atoms with Crippen LogP contribution in [0, 0.1) is 5.92 Å². The van der Waals surface area contributed by atoms with Crippen molar-refractivity contribution in [2.75, 3.05) is 13.1 Å². The Balaban J connectivity index is 2.49. The maximum Gasteiger partial charge on any atom is 0.393 e. The molecule has 7 heteroatoms. The summed E-state index contributed by atoms with van der Waals surface area (Å²) < 4.78 is 37.4. The molecule has 0 aliphatic carbocycles. The molecule has 1 amide bonds. The summed E-state index contributed by atoms with van der Waals surface area (Å²) in [6, 6.07) is 0. The molecule has 1 N–H and O–H groups in total. The fourth-order valence-corrected chi connectivity index (χ4v) is 1.84. The largest absolute Gasteiger partial charge is 0.481 e. The molecule has 98 valence electrons. The van der Waals surface area contributed by atoms with Crippen molar-refractivity contribution in [1.82, 2.24) is 4.90 Å². The number of hydrogen-bond acceptors (Lipinski definition) is 2. The van der Waals surface area contributed by atoms with Crippen molar-refractivity contribution >= 4 is 11.9 Å². The Hall–Kier alpha value is -1.27. The van der Waals surface area contributed by atoms with Crippen LogP contribution in [0.2, 0.25) is 0 Å². The van der Waals surface area contributed by atoms with Gasteiger partial charge < -0.3 is 10.0 Å². The number of aliphatic carboxylic acids is 1. The van der Waals surface area contributed by atoms with Gasteiger partial charge in [-0.05, 0) is 12.8 Å². The number of likely N-dealkylation sites (tertiary alicyclic amines) is 1. The third-order valence-corrected chi connectivity index (χ3v) is 2.79. The fraction of sp³-hybridized carbons (Fsp3) is 0.800. The van der Waals surface area contributed by atoms with Gasteiger partial charge in [-0.25, -0.2) is 0 Å². The fourth-order valence-electron chi connectivity index (χ4n) is 1.84. The van der Waals surface area contributed by atoms with Crippen molar-refractivity contribution < 1.29 is 27.9 Å². The lowest BCUT2D eigenvalue weighted by Gasteiger charge is -2.33. The number of amides is 1. The summed E-state index contributed by atoms with van der Waals surface area (Å²) in [5.74, 6) is -3.12. The van der Waals surface area contributed by atoms with Crippen molar-refractivity contribution in [3.05, 3.63) is 0 Å². The Morgan fingerprint density at radius 3 is 2.47 bits per heavy atom. The first-order valence-corrected chi connectivity index (χ1v) is 5.37. The highest BCUT2D eigenvalue weighted by Gasteiger charge is 2.42. The van der Waals surface area contributed by atoms with Crippen LogP contribution in [0.5, 0.6) is 0 Å². The number of alkyl halides is 3. The molecule has 1 fully saturated rings. The Kier molecular flexibility index (Phi) is 4.36. The Bertz CT molecular complexity index is 304. The first-order chi connectivity index (χ1) is 7.80. The van der Waals surface area contributed by atoms with E-state index in [0.29, 0.717) is 6.42 Å². The number of rotatable bonds is 3. The molecule has 1 saturated heterocycles. The molecule has 0 unspecified atom stereocenters. The van der Waals surface area contributed by atoms with E-state index >= 15 is 0 Å². The predicted octanol–water partition coefficient (Wildman–Crippen LogP) is 1.65. The summed E-state index contributed by atoms with van der Waals surface area (Å²) in [5.41, 5.74) is 0. The summed E-state index contributed by atoms with van der Waals surface area (Å²) in [5, 5.41) is 8.39. The van der Waals surface area contributed by atoms with Gasteiger partial charge in [0.05, 0.1) is 12.3 Å². The van der Waals surface area contributed by atoms with Gasteiger partial charge in [-0.15, -0.1) is 0 Å². The molecule has 0 bridgehead atoms. The Morgan fingerprint density at radius 2 is 1.94 bits per heavy atom. The second-order valence-corrected chi connectivity index (χ2v) is 4.11. The van der Waals surface area contributed by atoms with Crippen LogP contribution in [0.3, 0.4) is 0 Å². The number of hydrogen-bond donors (Lipinski definition) is 1. The molecule has 1 heterocycles. The molecule has 0 aromatic carbocycles. The third kappa shape index (κ3) is 4.24. The lowest BCUT2D eigenvalue weighted by atomic mass is 9.97. The average Bonchev–Trinajstić information content (AvgIpc) is 2.25. The van der Waals surface area contributed by atoms with E-state index in [1.807, 2.05) is 0 Å². The molecular weight excluding hydrogens is 239 g/mol. The highest BCUT2D eigenvalue weighted by Crippen LogP contribution is 2.33. The standard InChI is InChI=1S/C10H14F3NO3/c11-10(12,13)7-2-1-5-14(6-7)8(15)3-4-9(16)17/h7H,1-6H2,(H,16,17)/t7-/m1/s1. The highest BCUT2D eigenvalue weighted by atomic mass is 19.4. The van der Waals surface area contributed by atoms with Gasteiger partial charge in [-0.1, -0.05) is 0 Å². The number of carbonyl (C=O) groups is 2. The molecule has 1 atom stereocenters. The van der Waals surface area contributed by atoms with Crippen LogP contribution in [-0.2, 0) is 9.59 Å². The van der Waals surface area contributed by atoms with E-state index in [0.717, 1.165) is 4.90 Å². The number of carboxylic acid groups (broad SMARTS) is 1. The Labute approximate surface area is 96.4 Å². The van der Waals surface area contributed by atoms with Gasteiger partial charge in [0.2, 0.25) is 5.91 Å². The molecule has 17 heavy (non-hydrogen) atoms. The smallest absolute Gasteiger partial charge is 0.393 e. The van der Waals surface area contributed by atoms with Crippen LogP contribution in [0.4, 0.5) is 13.2 Å². The SMILES string of the molecule is O=C(O)CCC(=O)N1CCC[C@@H](C(F)(F)F)C1. The lowest BCUT2D eigenvalue weighted by molar-refractivity contribution is -0.188. The van der Waals surface area contributed by atoms with Crippen molar-refractivity contribution in [3.8, 4) is 0 Å². The van der Waals surface area contributed by atoms with E-state index in [1.54, 1.807) is 0 Å². The zero-order chi connectivity index (χ0) is 13.1. The molecule has 4 nitrogen and oxygen atoms in total. The van der Waals surface area contributed by atoms with E-state index in [2.05, 4.69) is 0 Å². The summed E-state index contributed by atoms with van der Waals surface area (Å²) in [4.78, 5) is 22.8. The van der Waals surface area contributed by atoms with Crippen LogP contribution in [0.25, 0.3) is 0 Å². The minimum absolute atomic E-state index is 0.0339. The van der Waals surface area contributed by atoms with Crippen LogP contribution in [0.15, 0.2) is 0 Å². The number of halogens is 3. The number of piperidine rings is 1. The highest BCUT2D eigenvalue weighted by molar-refractivity contribution is 5.80. The zero-order valence-electron chi connectivity index (χ0n) is 9.16. The molecule has 1 aliphatic rings. The van der Waals surface area contributed by atoms with Crippen molar-refractivity contribution in [2.45, 2.75) is 31.9 Å². The normalized spacial score (nSPS) is 21.4. The molecule has 1 rings (SSSR count). The Morgan fingerprint density at radius 1 is 1.29 bits per heavy atom. The van der Waals surface area contributed by atoms with E-state index in [-0.39, 0.29) is 32.4 Å². The third-order valence-electron chi connectivity index (χ3n) is 2.79. The van der Waals surface area contributed by atoms with E-state index in [9.17, 15) is 22.8 Å². The van der Waals surface area contributed by atoms with Gasteiger partial charge in [0, 0.05) is 19.5 Å². The van der Waals surface area contributed by atoms with E-state index < -0.39 is 24.0 Å².